The Morgan fingerprint density at radius 1 is 1.69 bits per heavy atom. The number of halogens is 2. The summed E-state index contributed by atoms with van der Waals surface area (Å²) >= 11 is 9.53. The summed E-state index contributed by atoms with van der Waals surface area (Å²) in [6.07, 6.45) is 0.991. The zero-order valence-corrected chi connectivity index (χ0v) is 8.69. The monoisotopic (exact) mass is 227 g/mol. The number of nitrogens with one attached hydrogen (secondary N) is 1. The first-order chi connectivity index (χ1) is 6.15. The standard InChI is InChI=1S/C6H9NO3.CH2Cl2/c1-10-6(9)4-2-3-5(8)7-4;2-1-3/h4H,2-3H2,1H3,(H,7,8);1H2. The Balaban J connectivity index is 0.000000424. The molecule has 1 fully saturated rings. The number of carbonyl (C=O) groups is 2. The number of methoxy groups -OCH3 is 1. The molecule has 0 saturated carbocycles. The summed E-state index contributed by atoms with van der Waals surface area (Å²) in [6, 6.07) is -0.405. The maximum absolute atomic E-state index is 10.7. The van der Waals surface area contributed by atoms with Gasteiger partial charge < -0.3 is 10.1 Å². The highest BCUT2D eigenvalue weighted by atomic mass is 35.5. The van der Waals surface area contributed by atoms with Gasteiger partial charge in [-0.2, -0.15) is 0 Å². The average molecular weight is 228 g/mol. The smallest absolute Gasteiger partial charge is 0.328 e. The van der Waals surface area contributed by atoms with Crippen molar-refractivity contribution in [3.63, 3.8) is 0 Å². The molecular formula is C7H11Cl2NO3. The minimum atomic E-state index is -0.405. The van der Waals surface area contributed by atoms with Crippen molar-refractivity contribution in [3.8, 4) is 0 Å². The van der Waals surface area contributed by atoms with Crippen molar-refractivity contribution in [1.29, 1.82) is 0 Å². The van der Waals surface area contributed by atoms with Crippen LogP contribution in [0.5, 0.6) is 0 Å². The van der Waals surface area contributed by atoms with Crippen LogP contribution < -0.4 is 5.32 Å². The number of hydrogen-bond acceptors (Lipinski definition) is 3. The molecule has 1 aliphatic heterocycles. The van der Waals surface area contributed by atoms with E-state index < -0.39 is 6.04 Å². The molecule has 0 bridgehead atoms. The van der Waals surface area contributed by atoms with Crippen molar-refractivity contribution in [2.45, 2.75) is 18.9 Å². The van der Waals surface area contributed by atoms with Gasteiger partial charge in [0.15, 0.2) is 0 Å². The predicted octanol–water partition coefficient (Wildman–Crippen LogP) is 0.859. The van der Waals surface area contributed by atoms with E-state index in [0.717, 1.165) is 0 Å². The number of rotatable bonds is 1. The highest BCUT2D eigenvalue weighted by Gasteiger charge is 2.27. The van der Waals surface area contributed by atoms with E-state index >= 15 is 0 Å². The lowest BCUT2D eigenvalue weighted by Gasteiger charge is -2.04. The Hall–Kier alpha value is -0.480. The van der Waals surface area contributed by atoms with E-state index in [9.17, 15) is 9.59 Å². The van der Waals surface area contributed by atoms with Gasteiger partial charge in [0.1, 0.15) is 6.04 Å². The van der Waals surface area contributed by atoms with E-state index in [1.54, 1.807) is 0 Å². The Morgan fingerprint density at radius 3 is 2.54 bits per heavy atom. The molecule has 1 heterocycles. The number of esters is 1. The predicted molar refractivity (Wildman–Crippen MR) is 49.8 cm³/mol. The molecule has 1 aliphatic rings. The highest BCUT2D eigenvalue weighted by molar-refractivity contribution is 6.40. The van der Waals surface area contributed by atoms with Crippen LogP contribution in [-0.4, -0.2) is 30.4 Å². The summed E-state index contributed by atoms with van der Waals surface area (Å²) < 4.78 is 4.43. The molecule has 6 heteroatoms. The van der Waals surface area contributed by atoms with E-state index in [2.05, 4.69) is 10.1 Å². The topological polar surface area (TPSA) is 55.4 Å². The molecule has 0 radical (unpaired) electrons. The summed E-state index contributed by atoms with van der Waals surface area (Å²) in [4.78, 5) is 21.3. The van der Waals surface area contributed by atoms with Gasteiger partial charge in [0.2, 0.25) is 5.91 Å². The van der Waals surface area contributed by atoms with Crippen molar-refractivity contribution in [3.05, 3.63) is 0 Å². The zero-order chi connectivity index (χ0) is 10.3. The van der Waals surface area contributed by atoms with E-state index in [4.69, 9.17) is 23.2 Å². The van der Waals surface area contributed by atoms with Crippen LogP contribution in [0.1, 0.15) is 12.8 Å². The third-order valence-corrected chi connectivity index (χ3v) is 1.48. The van der Waals surface area contributed by atoms with Gasteiger partial charge in [-0.05, 0) is 6.42 Å². The zero-order valence-electron chi connectivity index (χ0n) is 7.18. The average Bonchev–Trinajstić information content (AvgIpc) is 2.52. The summed E-state index contributed by atoms with van der Waals surface area (Å²) in [5, 5.41) is 2.69. The molecule has 1 rings (SSSR count). The third-order valence-electron chi connectivity index (χ3n) is 1.48. The quantitative estimate of drug-likeness (QED) is 0.534. The fraction of sp³-hybridized carbons (Fsp3) is 0.714. The van der Waals surface area contributed by atoms with Crippen LogP contribution in [0.2, 0.25) is 0 Å². The fourth-order valence-electron chi connectivity index (χ4n) is 0.933. The van der Waals surface area contributed by atoms with Gasteiger partial charge in [0, 0.05) is 6.42 Å². The number of carbonyl (C=O) groups excluding carboxylic acids is 2. The minimum Gasteiger partial charge on any atom is -0.467 e. The van der Waals surface area contributed by atoms with Crippen LogP contribution in [-0.2, 0) is 14.3 Å². The lowest BCUT2D eigenvalue weighted by atomic mass is 10.2. The van der Waals surface area contributed by atoms with Crippen molar-refractivity contribution in [1.82, 2.24) is 5.32 Å². The maximum Gasteiger partial charge on any atom is 0.328 e. The first kappa shape index (κ1) is 12.5. The molecule has 0 aromatic heterocycles. The first-order valence-corrected chi connectivity index (χ1v) is 4.71. The van der Waals surface area contributed by atoms with E-state index in [-0.39, 0.29) is 17.2 Å². The largest absolute Gasteiger partial charge is 0.467 e. The Morgan fingerprint density at radius 2 is 2.23 bits per heavy atom. The Kier molecular flexibility index (Phi) is 6.72. The van der Waals surface area contributed by atoms with Crippen molar-refractivity contribution < 1.29 is 14.3 Å². The van der Waals surface area contributed by atoms with Crippen LogP contribution in [0.3, 0.4) is 0 Å². The Bertz CT molecular complexity index is 187. The van der Waals surface area contributed by atoms with Gasteiger partial charge in [0.25, 0.3) is 0 Å². The second-order valence-corrected chi connectivity index (χ2v) is 3.09. The molecule has 13 heavy (non-hydrogen) atoms. The molecule has 1 saturated heterocycles. The van der Waals surface area contributed by atoms with Crippen molar-refractivity contribution >= 4 is 35.1 Å². The molecule has 4 nitrogen and oxygen atoms in total. The van der Waals surface area contributed by atoms with Gasteiger partial charge in [-0.3, -0.25) is 4.79 Å². The lowest BCUT2D eigenvalue weighted by molar-refractivity contribution is -0.143. The fourth-order valence-corrected chi connectivity index (χ4v) is 0.933. The number of amides is 1. The van der Waals surface area contributed by atoms with Crippen molar-refractivity contribution in [2.75, 3.05) is 12.4 Å². The van der Waals surface area contributed by atoms with Crippen LogP contribution in [0, 0.1) is 0 Å². The van der Waals surface area contributed by atoms with E-state index in [1.807, 2.05) is 0 Å². The molecule has 1 unspecified atom stereocenters. The van der Waals surface area contributed by atoms with E-state index in [0.29, 0.717) is 12.8 Å². The molecular weight excluding hydrogens is 217 g/mol. The molecule has 0 aromatic carbocycles. The summed E-state index contributed by atoms with van der Waals surface area (Å²) in [5.74, 6) is -0.429. The summed E-state index contributed by atoms with van der Waals surface area (Å²) in [6.45, 7) is 0. The normalized spacial score (nSPS) is 19.9. The lowest BCUT2D eigenvalue weighted by Crippen LogP contribution is -2.33. The van der Waals surface area contributed by atoms with Crippen LogP contribution >= 0.6 is 23.2 Å². The van der Waals surface area contributed by atoms with Crippen molar-refractivity contribution in [2.24, 2.45) is 0 Å². The summed E-state index contributed by atoms with van der Waals surface area (Å²) in [5.41, 5.74) is 0. The molecule has 0 aliphatic carbocycles. The molecule has 0 aromatic rings. The molecule has 76 valence electrons. The van der Waals surface area contributed by atoms with Gasteiger partial charge in [-0.15, -0.1) is 23.2 Å². The van der Waals surface area contributed by atoms with Crippen LogP contribution in [0.25, 0.3) is 0 Å². The summed E-state index contributed by atoms with van der Waals surface area (Å²) in [7, 11) is 1.31. The number of ether oxygens (including phenoxy) is 1. The van der Waals surface area contributed by atoms with Crippen LogP contribution in [0.15, 0.2) is 0 Å². The maximum atomic E-state index is 10.7. The number of alkyl halides is 2. The molecule has 1 amide bonds. The second-order valence-electron chi connectivity index (χ2n) is 2.28. The Labute approximate surface area is 86.5 Å². The van der Waals surface area contributed by atoms with Gasteiger partial charge in [-0.25, -0.2) is 4.79 Å². The number of hydrogen-bond donors (Lipinski definition) is 1. The highest BCUT2D eigenvalue weighted by Crippen LogP contribution is 2.06. The van der Waals surface area contributed by atoms with E-state index in [1.165, 1.54) is 7.11 Å². The molecule has 1 atom stereocenters. The second kappa shape index (κ2) is 6.97. The third kappa shape index (κ3) is 4.95. The minimum absolute atomic E-state index is 0.0737. The molecule has 1 N–H and O–H groups in total. The van der Waals surface area contributed by atoms with Gasteiger partial charge >= 0.3 is 5.97 Å². The first-order valence-electron chi connectivity index (χ1n) is 3.64. The van der Waals surface area contributed by atoms with Gasteiger partial charge in [-0.1, -0.05) is 0 Å². The van der Waals surface area contributed by atoms with Gasteiger partial charge in [0.05, 0.1) is 12.4 Å². The van der Waals surface area contributed by atoms with Crippen LogP contribution in [0.4, 0.5) is 0 Å². The SMILES string of the molecule is COC(=O)C1CCC(=O)N1.ClCCl. The molecule has 0 spiro atoms.